The van der Waals surface area contributed by atoms with E-state index in [0.717, 1.165) is 12.0 Å². The number of rotatable bonds is 3. The quantitative estimate of drug-likeness (QED) is 0.789. The van der Waals surface area contributed by atoms with E-state index in [9.17, 15) is 8.42 Å². The fourth-order valence-corrected chi connectivity index (χ4v) is 4.34. The third-order valence-corrected chi connectivity index (χ3v) is 5.86. The predicted octanol–water partition coefficient (Wildman–Crippen LogP) is 0.0153. The number of ether oxygens (including phenoxy) is 1. The highest BCUT2D eigenvalue weighted by Crippen LogP contribution is 2.25. The van der Waals surface area contributed by atoms with Crippen LogP contribution >= 0.6 is 0 Å². The lowest BCUT2D eigenvalue weighted by Crippen LogP contribution is -2.47. The lowest BCUT2D eigenvalue weighted by molar-refractivity contribution is 0.0705. The minimum Gasteiger partial charge on any atom is -0.379 e. The molecule has 7 nitrogen and oxygen atoms in total. The molecule has 0 saturated carbocycles. The Balaban J connectivity index is 1.69. The molecule has 0 bridgehead atoms. The number of hydrogen-bond donors (Lipinski definition) is 0. The van der Waals surface area contributed by atoms with Crippen LogP contribution in [0.5, 0.6) is 0 Å². The Labute approximate surface area is 119 Å². The van der Waals surface area contributed by atoms with Crippen molar-refractivity contribution in [2.75, 3.05) is 39.4 Å². The van der Waals surface area contributed by atoms with Crippen LogP contribution in [0, 0.1) is 6.92 Å². The third-order valence-electron chi connectivity index (χ3n) is 3.85. The zero-order chi connectivity index (χ0) is 14.2. The van der Waals surface area contributed by atoms with Gasteiger partial charge in [0.1, 0.15) is 0 Å². The first kappa shape index (κ1) is 14.0. The average molecular weight is 300 g/mol. The summed E-state index contributed by atoms with van der Waals surface area (Å²) >= 11 is 0. The van der Waals surface area contributed by atoms with Crippen molar-refractivity contribution in [2.24, 2.45) is 0 Å². The molecule has 0 aromatic carbocycles. The van der Waals surface area contributed by atoms with Gasteiger partial charge in [0.25, 0.3) is 10.2 Å². The molecule has 20 heavy (non-hydrogen) atoms. The van der Waals surface area contributed by atoms with Crippen LogP contribution in [0.3, 0.4) is 0 Å². The number of nitrogens with zero attached hydrogens (tertiary/aromatic N) is 4. The van der Waals surface area contributed by atoms with E-state index in [4.69, 9.17) is 4.74 Å². The summed E-state index contributed by atoms with van der Waals surface area (Å²) in [7, 11) is -3.35. The minimum absolute atomic E-state index is 0.138. The van der Waals surface area contributed by atoms with Crippen molar-refractivity contribution in [3.8, 4) is 0 Å². The molecule has 1 unspecified atom stereocenters. The molecule has 112 valence electrons. The first-order chi connectivity index (χ1) is 9.57. The molecule has 2 aliphatic heterocycles. The number of morpholine rings is 1. The first-order valence-electron chi connectivity index (χ1n) is 6.91. The molecule has 0 radical (unpaired) electrons. The molecule has 1 aromatic rings. The second-order valence-corrected chi connectivity index (χ2v) is 7.25. The van der Waals surface area contributed by atoms with E-state index >= 15 is 0 Å². The summed E-state index contributed by atoms with van der Waals surface area (Å²) in [5.41, 5.74) is 1.10. The van der Waals surface area contributed by atoms with Crippen molar-refractivity contribution in [3.63, 3.8) is 0 Å². The monoisotopic (exact) mass is 300 g/mol. The Kier molecular flexibility index (Phi) is 3.80. The molecule has 2 fully saturated rings. The van der Waals surface area contributed by atoms with Gasteiger partial charge in [0, 0.05) is 32.4 Å². The smallest absolute Gasteiger partial charge is 0.282 e. The van der Waals surface area contributed by atoms with E-state index in [2.05, 4.69) is 5.10 Å². The molecular formula is C12H20N4O3S. The highest BCUT2D eigenvalue weighted by Gasteiger charge is 2.36. The molecular weight excluding hydrogens is 280 g/mol. The van der Waals surface area contributed by atoms with Crippen LogP contribution < -0.4 is 0 Å². The molecule has 0 N–H and O–H groups in total. The van der Waals surface area contributed by atoms with Gasteiger partial charge < -0.3 is 4.74 Å². The molecule has 1 atom stereocenters. The Morgan fingerprint density at radius 3 is 2.65 bits per heavy atom. The van der Waals surface area contributed by atoms with Crippen LogP contribution in [-0.4, -0.2) is 66.2 Å². The Morgan fingerprint density at radius 1 is 1.25 bits per heavy atom. The van der Waals surface area contributed by atoms with Gasteiger partial charge in [-0.2, -0.15) is 22.1 Å². The van der Waals surface area contributed by atoms with Gasteiger partial charge in [0.15, 0.2) is 0 Å². The maximum atomic E-state index is 12.5. The van der Waals surface area contributed by atoms with Gasteiger partial charge >= 0.3 is 0 Å². The van der Waals surface area contributed by atoms with Crippen LogP contribution in [0.4, 0.5) is 0 Å². The summed E-state index contributed by atoms with van der Waals surface area (Å²) in [5, 5.41) is 4.29. The summed E-state index contributed by atoms with van der Waals surface area (Å²) in [4.78, 5) is 0. The van der Waals surface area contributed by atoms with Gasteiger partial charge in [0.2, 0.25) is 0 Å². The lowest BCUT2D eigenvalue weighted by Gasteiger charge is -2.30. The Hall–Kier alpha value is -0.960. The molecule has 1 aromatic heterocycles. The van der Waals surface area contributed by atoms with Crippen molar-refractivity contribution in [3.05, 3.63) is 18.0 Å². The van der Waals surface area contributed by atoms with Gasteiger partial charge in [-0.25, -0.2) is 0 Å². The van der Waals surface area contributed by atoms with Crippen molar-refractivity contribution in [2.45, 2.75) is 19.4 Å². The average Bonchev–Trinajstić information content (AvgIpc) is 3.08. The topological polar surface area (TPSA) is 67.7 Å². The maximum absolute atomic E-state index is 12.5. The zero-order valence-electron chi connectivity index (χ0n) is 11.6. The second-order valence-electron chi connectivity index (χ2n) is 5.32. The Morgan fingerprint density at radius 2 is 2.00 bits per heavy atom. The highest BCUT2D eigenvalue weighted by molar-refractivity contribution is 7.86. The van der Waals surface area contributed by atoms with Crippen LogP contribution in [0.25, 0.3) is 0 Å². The van der Waals surface area contributed by atoms with Gasteiger partial charge in [-0.15, -0.1) is 0 Å². The van der Waals surface area contributed by atoms with Crippen molar-refractivity contribution >= 4 is 10.2 Å². The summed E-state index contributed by atoms with van der Waals surface area (Å²) < 4.78 is 35.3. The highest BCUT2D eigenvalue weighted by atomic mass is 32.2. The van der Waals surface area contributed by atoms with Gasteiger partial charge in [-0.1, -0.05) is 0 Å². The first-order valence-corrected chi connectivity index (χ1v) is 8.31. The number of hydrogen-bond acceptors (Lipinski definition) is 4. The van der Waals surface area contributed by atoms with E-state index in [0.29, 0.717) is 39.4 Å². The van der Waals surface area contributed by atoms with Crippen molar-refractivity contribution in [1.82, 2.24) is 18.4 Å². The van der Waals surface area contributed by atoms with E-state index in [1.165, 1.54) is 4.31 Å². The van der Waals surface area contributed by atoms with Gasteiger partial charge in [-0.3, -0.25) is 4.68 Å². The summed E-state index contributed by atoms with van der Waals surface area (Å²) in [6, 6.07) is 0.138. The predicted molar refractivity (Wildman–Crippen MR) is 73.5 cm³/mol. The van der Waals surface area contributed by atoms with E-state index < -0.39 is 10.2 Å². The molecule has 8 heteroatoms. The maximum Gasteiger partial charge on any atom is 0.282 e. The molecule has 0 aliphatic carbocycles. The molecule has 3 heterocycles. The van der Waals surface area contributed by atoms with Gasteiger partial charge in [-0.05, 0) is 18.9 Å². The molecule has 0 spiro atoms. The van der Waals surface area contributed by atoms with Gasteiger partial charge in [0.05, 0.1) is 25.5 Å². The van der Waals surface area contributed by atoms with Crippen LogP contribution in [0.2, 0.25) is 0 Å². The second kappa shape index (κ2) is 5.44. The normalized spacial score (nSPS) is 26.1. The fraction of sp³-hybridized carbons (Fsp3) is 0.750. The van der Waals surface area contributed by atoms with E-state index in [-0.39, 0.29) is 6.04 Å². The fourth-order valence-electron chi connectivity index (χ4n) is 2.71. The Bertz CT molecular complexity index is 565. The third kappa shape index (κ3) is 2.60. The molecule has 0 amide bonds. The lowest BCUT2D eigenvalue weighted by atomic mass is 10.3. The summed E-state index contributed by atoms with van der Waals surface area (Å²) in [6.07, 6.45) is 4.58. The summed E-state index contributed by atoms with van der Waals surface area (Å²) in [6.45, 7) is 4.91. The SMILES string of the molecule is Cc1cnn(C2CCN(S(=O)(=O)N3CCOCC3)C2)c1. The van der Waals surface area contributed by atoms with Crippen LogP contribution in [0.1, 0.15) is 18.0 Å². The number of aryl methyl sites for hydroxylation is 1. The molecule has 2 saturated heterocycles. The van der Waals surface area contributed by atoms with E-state index in [1.807, 2.05) is 17.8 Å². The zero-order valence-corrected chi connectivity index (χ0v) is 12.4. The molecule has 3 rings (SSSR count). The van der Waals surface area contributed by atoms with Crippen molar-refractivity contribution in [1.29, 1.82) is 0 Å². The number of aromatic nitrogens is 2. The van der Waals surface area contributed by atoms with Crippen molar-refractivity contribution < 1.29 is 13.2 Å². The molecule has 2 aliphatic rings. The minimum atomic E-state index is -3.35. The van der Waals surface area contributed by atoms with Crippen LogP contribution in [0.15, 0.2) is 12.4 Å². The largest absolute Gasteiger partial charge is 0.379 e. The van der Waals surface area contributed by atoms with E-state index in [1.54, 1.807) is 10.5 Å². The standard InChI is InChI=1S/C12H20N4O3S/c1-11-8-13-16(9-11)12-2-3-15(10-12)20(17,18)14-4-6-19-7-5-14/h8-9,12H,2-7,10H2,1H3. The van der Waals surface area contributed by atoms with Crippen LogP contribution in [-0.2, 0) is 14.9 Å². The summed E-state index contributed by atoms with van der Waals surface area (Å²) in [5.74, 6) is 0.